The first-order valence-corrected chi connectivity index (χ1v) is 5.09. The van der Waals surface area contributed by atoms with Crippen LogP contribution in [-0.4, -0.2) is 11.7 Å². The fourth-order valence-corrected chi connectivity index (χ4v) is 2.08. The van der Waals surface area contributed by atoms with Crippen molar-refractivity contribution in [2.75, 3.05) is 7.11 Å². The standard InChI is InChI=1S/C11H12O.Cr/c1-12-8-10-7-11(10)9-5-3-2-4-6-9;/h2-6,10-11H,7H2,1H3;/t10-,11-;/m0./s1. The summed E-state index contributed by atoms with van der Waals surface area (Å²) in [4.78, 5) is 0. The number of ether oxygens (including phenoxy) is 1. The summed E-state index contributed by atoms with van der Waals surface area (Å²) >= 11 is 2.98. The Morgan fingerprint density at radius 2 is 2.08 bits per heavy atom. The fourth-order valence-electron chi connectivity index (χ4n) is 1.68. The molecule has 1 aliphatic rings. The van der Waals surface area contributed by atoms with Gasteiger partial charge in [-0.05, 0) is 0 Å². The van der Waals surface area contributed by atoms with Crippen molar-refractivity contribution in [3.8, 4) is 0 Å². The normalized spacial score (nSPS) is 25.6. The molecule has 2 rings (SSSR count). The zero-order chi connectivity index (χ0) is 9.26. The number of methoxy groups -OCH3 is 1. The van der Waals surface area contributed by atoms with Crippen molar-refractivity contribution in [2.45, 2.75) is 12.3 Å². The first-order chi connectivity index (χ1) is 6.33. The molecule has 13 heavy (non-hydrogen) atoms. The summed E-state index contributed by atoms with van der Waals surface area (Å²) in [5, 5.41) is 0. The van der Waals surface area contributed by atoms with E-state index in [0.29, 0.717) is 11.8 Å². The minimum absolute atomic E-state index is 0.604. The van der Waals surface area contributed by atoms with Crippen molar-refractivity contribution >= 4 is 4.57 Å². The van der Waals surface area contributed by atoms with Crippen LogP contribution in [0.25, 0.3) is 0 Å². The van der Waals surface area contributed by atoms with Gasteiger partial charge in [-0.25, -0.2) is 0 Å². The second kappa shape index (κ2) is 3.76. The Morgan fingerprint density at radius 1 is 1.38 bits per heavy atom. The van der Waals surface area contributed by atoms with Crippen molar-refractivity contribution in [3.05, 3.63) is 35.9 Å². The number of hydrogen-bond acceptors (Lipinski definition) is 1. The Kier molecular flexibility index (Phi) is 2.64. The molecule has 0 N–H and O–H groups in total. The van der Waals surface area contributed by atoms with Gasteiger partial charge in [0.05, 0.1) is 0 Å². The van der Waals surface area contributed by atoms with Crippen LogP contribution in [0.2, 0.25) is 0 Å². The molecule has 1 aromatic rings. The van der Waals surface area contributed by atoms with Crippen molar-refractivity contribution in [2.24, 2.45) is 5.92 Å². The van der Waals surface area contributed by atoms with Crippen molar-refractivity contribution in [1.82, 2.24) is 0 Å². The van der Waals surface area contributed by atoms with Crippen LogP contribution in [0.3, 0.4) is 0 Å². The van der Waals surface area contributed by atoms with Gasteiger partial charge in [0.15, 0.2) is 0 Å². The molecule has 0 amide bonds. The van der Waals surface area contributed by atoms with E-state index in [9.17, 15) is 0 Å². The van der Waals surface area contributed by atoms with Crippen molar-refractivity contribution in [3.63, 3.8) is 0 Å². The molecule has 0 unspecified atom stereocenters. The van der Waals surface area contributed by atoms with E-state index in [1.54, 1.807) is 7.11 Å². The fraction of sp³-hybridized carbons (Fsp3) is 0.364. The predicted molar refractivity (Wildman–Crippen MR) is 49.3 cm³/mol. The molecule has 0 spiro atoms. The Labute approximate surface area is 86.7 Å². The molecule has 1 saturated carbocycles. The van der Waals surface area contributed by atoms with E-state index >= 15 is 0 Å². The molecule has 1 aliphatic carbocycles. The zero-order valence-electron chi connectivity index (χ0n) is 7.57. The van der Waals surface area contributed by atoms with Gasteiger partial charge in [-0.15, -0.1) is 0 Å². The van der Waals surface area contributed by atoms with E-state index in [0.717, 1.165) is 4.57 Å². The van der Waals surface area contributed by atoms with Crippen molar-refractivity contribution < 1.29 is 20.6 Å². The molecule has 2 heteroatoms. The summed E-state index contributed by atoms with van der Waals surface area (Å²) in [7, 11) is 1.73. The van der Waals surface area contributed by atoms with E-state index in [4.69, 9.17) is 4.74 Å². The van der Waals surface area contributed by atoms with Gasteiger partial charge in [0.1, 0.15) is 0 Å². The molecule has 1 fully saturated rings. The van der Waals surface area contributed by atoms with Crippen LogP contribution in [0.15, 0.2) is 30.3 Å². The van der Waals surface area contributed by atoms with Gasteiger partial charge < -0.3 is 0 Å². The predicted octanol–water partition coefficient (Wildman–Crippen LogP) is 2.11. The zero-order valence-corrected chi connectivity index (χ0v) is 8.84. The van der Waals surface area contributed by atoms with Crippen LogP contribution in [0.5, 0.6) is 0 Å². The number of hydrogen-bond donors (Lipinski definition) is 0. The van der Waals surface area contributed by atoms with Crippen LogP contribution in [-0.2, 0) is 20.6 Å². The molecular formula is C11H12CrO. The molecule has 1 nitrogen and oxygen atoms in total. The van der Waals surface area contributed by atoms with E-state index in [-0.39, 0.29) is 0 Å². The Bertz CT molecular complexity index is 307. The molecule has 68 valence electrons. The van der Waals surface area contributed by atoms with Gasteiger partial charge in [0.2, 0.25) is 0 Å². The summed E-state index contributed by atoms with van der Waals surface area (Å²) in [6, 6.07) is 10.6. The first kappa shape index (κ1) is 9.15. The summed E-state index contributed by atoms with van der Waals surface area (Å²) in [6.45, 7) is 0. The number of rotatable bonds is 3. The van der Waals surface area contributed by atoms with Gasteiger partial charge in [0, 0.05) is 0 Å². The summed E-state index contributed by atoms with van der Waals surface area (Å²) in [5.74, 6) is 1.28. The van der Waals surface area contributed by atoms with Gasteiger partial charge in [-0.1, -0.05) is 0 Å². The maximum absolute atomic E-state index is 5.19. The third-order valence-electron chi connectivity index (χ3n) is 2.52. The third-order valence-corrected chi connectivity index (χ3v) is 3.26. The molecule has 0 aromatic heterocycles. The molecular weight excluding hydrogens is 200 g/mol. The molecule has 2 atom stereocenters. The van der Waals surface area contributed by atoms with Crippen LogP contribution < -0.4 is 0 Å². The summed E-state index contributed by atoms with van der Waals surface area (Å²) < 4.78 is 6.24. The number of benzene rings is 1. The second-order valence-electron chi connectivity index (χ2n) is 3.38. The topological polar surface area (TPSA) is 9.23 Å². The maximum atomic E-state index is 5.19. The third kappa shape index (κ3) is 1.91. The van der Waals surface area contributed by atoms with E-state index in [1.807, 2.05) is 0 Å². The second-order valence-corrected chi connectivity index (χ2v) is 4.01. The van der Waals surface area contributed by atoms with E-state index in [2.05, 4.69) is 46.2 Å². The van der Waals surface area contributed by atoms with E-state index in [1.165, 1.54) is 12.0 Å². The molecule has 0 aliphatic heterocycles. The Balaban J connectivity index is 2.04. The molecule has 0 heterocycles. The van der Waals surface area contributed by atoms with Crippen LogP contribution in [0.4, 0.5) is 0 Å². The van der Waals surface area contributed by atoms with Gasteiger partial charge >= 0.3 is 86.4 Å². The Morgan fingerprint density at radius 3 is 2.69 bits per heavy atom. The van der Waals surface area contributed by atoms with Gasteiger partial charge in [-0.2, -0.15) is 0 Å². The van der Waals surface area contributed by atoms with Crippen LogP contribution in [0.1, 0.15) is 17.9 Å². The quantitative estimate of drug-likeness (QED) is 0.745. The van der Waals surface area contributed by atoms with Crippen LogP contribution >= 0.6 is 0 Å². The SMILES string of the molecule is CO[C](=[Cr])[C@@H]1C[C@H]1c1ccccc1. The van der Waals surface area contributed by atoms with E-state index < -0.39 is 0 Å². The monoisotopic (exact) mass is 212 g/mol. The first-order valence-electron chi connectivity index (χ1n) is 4.45. The summed E-state index contributed by atoms with van der Waals surface area (Å²) in [5.41, 5.74) is 1.43. The van der Waals surface area contributed by atoms with Gasteiger partial charge in [0.25, 0.3) is 0 Å². The van der Waals surface area contributed by atoms with Crippen molar-refractivity contribution in [1.29, 1.82) is 0 Å². The summed E-state index contributed by atoms with van der Waals surface area (Å²) in [6.07, 6.45) is 1.22. The average Bonchev–Trinajstić information content (AvgIpc) is 2.98. The average molecular weight is 212 g/mol. The minimum atomic E-state index is 0.604. The molecule has 0 bridgehead atoms. The van der Waals surface area contributed by atoms with Gasteiger partial charge in [-0.3, -0.25) is 0 Å². The van der Waals surface area contributed by atoms with Crippen LogP contribution in [0, 0.1) is 5.92 Å². The molecule has 1 aromatic carbocycles. The Hall–Kier alpha value is -0.418. The molecule has 0 radical (unpaired) electrons. The molecule has 0 saturated heterocycles.